The Morgan fingerprint density at radius 2 is 1.94 bits per heavy atom. The number of nitrogens with one attached hydrogen (secondary N) is 1. The number of nitrogens with zero attached hydrogens (tertiary/aromatic N) is 1. The van der Waals surface area contributed by atoms with Crippen LogP contribution in [-0.2, 0) is 11.3 Å². The summed E-state index contributed by atoms with van der Waals surface area (Å²) < 4.78 is 13.4. The average Bonchev–Trinajstić information content (AvgIpc) is 2.70. The van der Waals surface area contributed by atoms with Crippen LogP contribution in [0.1, 0.15) is 43.9 Å². The number of piperazine rings is 1. The van der Waals surface area contributed by atoms with Crippen molar-refractivity contribution in [3.05, 3.63) is 71.0 Å². The van der Waals surface area contributed by atoms with Crippen LogP contribution in [0.25, 0.3) is 5.57 Å². The first kappa shape index (κ1) is 23.0. The summed E-state index contributed by atoms with van der Waals surface area (Å²) in [5.41, 5.74) is 16.1. The van der Waals surface area contributed by atoms with E-state index in [2.05, 4.69) is 37.1 Å². The molecule has 2 aromatic carbocycles. The number of halogens is 1. The minimum atomic E-state index is -0.429. The summed E-state index contributed by atoms with van der Waals surface area (Å²) in [6.07, 6.45) is 1.84. The lowest BCUT2D eigenvalue weighted by Gasteiger charge is -2.40. The molecule has 0 spiro atoms. The van der Waals surface area contributed by atoms with E-state index in [1.165, 1.54) is 12.1 Å². The lowest BCUT2D eigenvalue weighted by Crippen LogP contribution is -2.55. The number of nitrogen functional groups attached to an aromatic ring is 1. The fraction of sp³-hybridized carbons (Fsp3) is 0.400. The van der Waals surface area contributed by atoms with E-state index < -0.39 is 5.91 Å². The Morgan fingerprint density at radius 1 is 1.23 bits per heavy atom. The van der Waals surface area contributed by atoms with Crippen LogP contribution in [-0.4, -0.2) is 36.5 Å². The lowest BCUT2D eigenvalue weighted by atomic mass is 9.85. The second kappa shape index (κ2) is 9.62. The molecule has 1 aliphatic heterocycles. The van der Waals surface area contributed by atoms with E-state index in [-0.39, 0.29) is 17.7 Å². The first-order valence-electron chi connectivity index (χ1n) is 10.7. The summed E-state index contributed by atoms with van der Waals surface area (Å²) in [6.45, 7) is 10.6. The molecular formula is C25H33FN4O. The van der Waals surface area contributed by atoms with E-state index in [1.54, 1.807) is 18.2 Å². The van der Waals surface area contributed by atoms with E-state index >= 15 is 0 Å². The summed E-state index contributed by atoms with van der Waals surface area (Å²) in [5, 5.41) is 3.62. The molecule has 3 rings (SSSR count). The third kappa shape index (κ3) is 6.15. The van der Waals surface area contributed by atoms with E-state index in [0.717, 1.165) is 48.4 Å². The number of amides is 1. The van der Waals surface area contributed by atoms with Gasteiger partial charge in [-0.25, -0.2) is 4.39 Å². The van der Waals surface area contributed by atoms with Crippen molar-refractivity contribution in [2.75, 3.05) is 25.4 Å². The van der Waals surface area contributed by atoms with Crippen molar-refractivity contribution in [1.82, 2.24) is 10.2 Å². The largest absolute Gasteiger partial charge is 0.398 e. The summed E-state index contributed by atoms with van der Waals surface area (Å²) in [6, 6.07) is 12.6. The molecule has 5 N–H and O–H groups in total. The molecule has 166 valence electrons. The number of anilines is 1. The molecule has 5 nitrogen and oxygen atoms in total. The number of nitrogens with two attached hydrogens (primary N) is 2. The molecule has 0 radical (unpaired) electrons. The molecule has 0 saturated carbocycles. The fourth-order valence-corrected chi connectivity index (χ4v) is 3.96. The minimum absolute atomic E-state index is 0.0862. The topological polar surface area (TPSA) is 84.4 Å². The van der Waals surface area contributed by atoms with Gasteiger partial charge in [0, 0.05) is 49.9 Å². The van der Waals surface area contributed by atoms with E-state index in [4.69, 9.17) is 11.5 Å². The second-order valence-electron chi connectivity index (χ2n) is 9.32. The molecule has 1 heterocycles. The van der Waals surface area contributed by atoms with Crippen LogP contribution >= 0.6 is 0 Å². The average molecular weight is 425 g/mol. The lowest BCUT2D eigenvalue weighted by molar-refractivity contribution is -0.117. The van der Waals surface area contributed by atoms with Crippen molar-refractivity contribution in [3.8, 4) is 0 Å². The molecule has 0 aliphatic carbocycles. The number of carbonyl (C=O) groups is 1. The van der Waals surface area contributed by atoms with Gasteiger partial charge in [-0.15, -0.1) is 0 Å². The number of rotatable bonds is 6. The van der Waals surface area contributed by atoms with Crippen molar-refractivity contribution in [2.24, 2.45) is 11.1 Å². The molecule has 6 heteroatoms. The number of primary amides is 1. The zero-order valence-corrected chi connectivity index (χ0v) is 18.6. The van der Waals surface area contributed by atoms with E-state index in [9.17, 15) is 9.18 Å². The van der Waals surface area contributed by atoms with E-state index in [0.29, 0.717) is 11.7 Å². The molecule has 1 unspecified atom stereocenters. The highest BCUT2D eigenvalue weighted by Crippen LogP contribution is 2.30. The Labute approximate surface area is 184 Å². The van der Waals surface area contributed by atoms with Gasteiger partial charge in [0.1, 0.15) is 5.82 Å². The highest BCUT2D eigenvalue weighted by atomic mass is 19.1. The van der Waals surface area contributed by atoms with Gasteiger partial charge in [-0.1, -0.05) is 51.1 Å². The van der Waals surface area contributed by atoms with Crippen LogP contribution in [0, 0.1) is 11.2 Å². The van der Waals surface area contributed by atoms with Crippen LogP contribution < -0.4 is 16.8 Å². The molecular weight excluding hydrogens is 391 g/mol. The SMILES string of the molecule is CC(C)(C)C1CN(Cc2ccc(/C(=C\CC(N)=O)c3ccc(F)cc3)c(N)c2)CCN1. The quantitative estimate of drug-likeness (QED) is 0.620. The smallest absolute Gasteiger partial charge is 0.221 e. The number of carbonyl (C=O) groups excluding carboxylic acids is 1. The maximum Gasteiger partial charge on any atom is 0.221 e. The highest BCUT2D eigenvalue weighted by molar-refractivity contribution is 5.88. The standard InChI is InChI=1S/C25H33FN4O/c1-25(2,3)23-16-30(13-12-29-23)15-17-4-9-21(22(27)14-17)20(10-11-24(28)31)18-5-7-19(26)8-6-18/h4-10,14,23,29H,11-13,15-16,27H2,1-3H3,(H2,28,31)/b20-10-. The Hall–Kier alpha value is -2.70. The van der Waals surface area contributed by atoms with Crippen molar-refractivity contribution >= 4 is 17.2 Å². The summed E-state index contributed by atoms with van der Waals surface area (Å²) in [5.74, 6) is -0.743. The molecule has 0 bridgehead atoms. The van der Waals surface area contributed by atoms with Gasteiger partial charge in [-0.3, -0.25) is 9.69 Å². The van der Waals surface area contributed by atoms with Crippen LogP contribution in [0.4, 0.5) is 10.1 Å². The molecule has 1 atom stereocenters. The molecule has 31 heavy (non-hydrogen) atoms. The van der Waals surface area contributed by atoms with Gasteiger partial charge in [0.2, 0.25) is 5.91 Å². The maximum absolute atomic E-state index is 13.4. The molecule has 2 aromatic rings. The van der Waals surface area contributed by atoms with Crippen molar-refractivity contribution < 1.29 is 9.18 Å². The third-order valence-electron chi connectivity index (χ3n) is 5.78. The Kier molecular flexibility index (Phi) is 7.13. The molecule has 1 saturated heterocycles. The first-order valence-corrected chi connectivity index (χ1v) is 10.7. The minimum Gasteiger partial charge on any atom is -0.398 e. The fourth-order valence-electron chi connectivity index (χ4n) is 3.96. The first-order chi connectivity index (χ1) is 14.6. The zero-order valence-electron chi connectivity index (χ0n) is 18.6. The summed E-state index contributed by atoms with van der Waals surface area (Å²) in [4.78, 5) is 13.8. The van der Waals surface area contributed by atoms with Gasteiger partial charge in [0.25, 0.3) is 0 Å². The summed E-state index contributed by atoms with van der Waals surface area (Å²) >= 11 is 0. The predicted octanol–water partition coefficient (Wildman–Crippen LogP) is 3.53. The normalized spacial score (nSPS) is 18.2. The number of hydrogen-bond acceptors (Lipinski definition) is 4. The molecule has 0 aromatic heterocycles. The Bertz CT molecular complexity index is 947. The van der Waals surface area contributed by atoms with Crippen LogP contribution in [0.3, 0.4) is 0 Å². The van der Waals surface area contributed by atoms with Crippen molar-refractivity contribution in [2.45, 2.75) is 39.8 Å². The van der Waals surface area contributed by atoms with Crippen LogP contribution in [0.15, 0.2) is 48.5 Å². The molecule has 1 aliphatic rings. The van der Waals surface area contributed by atoms with Gasteiger partial charge in [-0.2, -0.15) is 0 Å². The number of hydrogen-bond donors (Lipinski definition) is 3. The van der Waals surface area contributed by atoms with Crippen molar-refractivity contribution in [1.29, 1.82) is 0 Å². The summed E-state index contributed by atoms with van der Waals surface area (Å²) in [7, 11) is 0. The van der Waals surface area contributed by atoms with Crippen LogP contribution in [0.5, 0.6) is 0 Å². The molecule has 1 fully saturated rings. The monoisotopic (exact) mass is 424 g/mol. The van der Waals surface area contributed by atoms with Crippen molar-refractivity contribution in [3.63, 3.8) is 0 Å². The number of benzene rings is 2. The van der Waals surface area contributed by atoms with Gasteiger partial charge < -0.3 is 16.8 Å². The maximum atomic E-state index is 13.4. The van der Waals surface area contributed by atoms with Crippen LogP contribution in [0.2, 0.25) is 0 Å². The van der Waals surface area contributed by atoms with E-state index in [1.807, 2.05) is 12.1 Å². The Balaban J connectivity index is 1.83. The van der Waals surface area contributed by atoms with Gasteiger partial charge in [0.15, 0.2) is 0 Å². The molecule has 1 amide bonds. The predicted molar refractivity (Wildman–Crippen MR) is 125 cm³/mol. The second-order valence-corrected chi connectivity index (χ2v) is 9.32. The van der Waals surface area contributed by atoms with Gasteiger partial charge in [0.05, 0.1) is 0 Å². The third-order valence-corrected chi connectivity index (χ3v) is 5.78. The van der Waals surface area contributed by atoms with Gasteiger partial charge >= 0.3 is 0 Å². The Morgan fingerprint density at radius 3 is 2.55 bits per heavy atom. The highest BCUT2D eigenvalue weighted by Gasteiger charge is 2.29. The van der Waals surface area contributed by atoms with Gasteiger partial charge in [-0.05, 0) is 40.3 Å². The zero-order chi connectivity index (χ0) is 22.6.